The van der Waals surface area contributed by atoms with Gasteiger partial charge in [0.15, 0.2) is 11.9 Å². The third-order valence-electron chi connectivity index (χ3n) is 5.52. The van der Waals surface area contributed by atoms with Gasteiger partial charge in [0.1, 0.15) is 41.7 Å². The van der Waals surface area contributed by atoms with E-state index in [9.17, 15) is 9.18 Å². The molecule has 1 aromatic carbocycles. The molecule has 3 N–H and O–H groups in total. The number of anilines is 2. The van der Waals surface area contributed by atoms with E-state index < -0.39 is 17.8 Å². The van der Waals surface area contributed by atoms with Crippen LogP contribution in [-0.2, 0) is 14.2 Å². The number of aromatic nitrogens is 3. The summed E-state index contributed by atoms with van der Waals surface area (Å²) < 4.78 is 38.5. The first-order valence-electron chi connectivity index (χ1n) is 10.6. The fraction of sp³-hybridized carbons (Fsp3) is 0.409. The van der Waals surface area contributed by atoms with E-state index >= 15 is 0 Å². The first-order chi connectivity index (χ1) is 16.9. The van der Waals surface area contributed by atoms with Gasteiger partial charge in [0.05, 0.1) is 29.5 Å². The summed E-state index contributed by atoms with van der Waals surface area (Å²) in [6.45, 7) is 0.670. The van der Waals surface area contributed by atoms with Gasteiger partial charge in [-0.25, -0.2) is 13.9 Å². The van der Waals surface area contributed by atoms with Gasteiger partial charge in [0.25, 0.3) is 5.91 Å². The van der Waals surface area contributed by atoms with Crippen molar-refractivity contribution in [2.24, 2.45) is 5.73 Å². The quantitative estimate of drug-likeness (QED) is 0.500. The summed E-state index contributed by atoms with van der Waals surface area (Å²) in [5, 5.41) is 7.24. The number of hydrogen-bond donors (Lipinski definition) is 2. The Morgan fingerprint density at radius 2 is 1.97 bits per heavy atom. The minimum absolute atomic E-state index is 0.0992. The number of amides is 1. The molecule has 188 valence electrons. The summed E-state index contributed by atoms with van der Waals surface area (Å²) in [6.07, 6.45) is 5.57. The molecular formula is C22H25ClFN5O5S. The van der Waals surface area contributed by atoms with Gasteiger partial charge in [-0.1, -0.05) is 11.6 Å². The maximum absolute atomic E-state index is 14.1. The number of fused-ring (bicyclic) bond motifs is 2. The van der Waals surface area contributed by atoms with Crippen LogP contribution in [0.5, 0.6) is 5.75 Å². The van der Waals surface area contributed by atoms with E-state index in [-0.39, 0.29) is 47.1 Å². The van der Waals surface area contributed by atoms with Gasteiger partial charge in [-0.2, -0.15) is 16.9 Å². The third-order valence-corrected chi connectivity index (χ3v) is 5.90. The number of halogens is 2. The summed E-state index contributed by atoms with van der Waals surface area (Å²) >= 11 is 8.09. The average molecular weight is 526 g/mol. The number of benzene rings is 1. The van der Waals surface area contributed by atoms with Gasteiger partial charge in [0.2, 0.25) is 0 Å². The maximum Gasteiger partial charge on any atom is 0.251 e. The van der Waals surface area contributed by atoms with Gasteiger partial charge < -0.3 is 30.0 Å². The molecule has 3 aromatic rings. The molecule has 2 aliphatic heterocycles. The van der Waals surface area contributed by atoms with Crippen LogP contribution in [0, 0.1) is 5.82 Å². The lowest BCUT2D eigenvalue weighted by Crippen LogP contribution is -2.35. The third kappa shape index (κ3) is 5.16. The van der Waals surface area contributed by atoms with Crippen molar-refractivity contribution in [3.63, 3.8) is 0 Å². The first-order valence-corrected chi connectivity index (χ1v) is 12.6. The molecule has 4 atom stereocenters. The number of ether oxygens (including phenoxy) is 4. The lowest BCUT2D eigenvalue weighted by Gasteiger charge is -2.20. The molecule has 0 spiro atoms. The van der Waals surface area contributed by atoms with E-state index in [1.165, 1.54) is 35.2 Å². The lowest BCUT2D eigenvalue weighted by atomic mass is 10.1. The van der Waals surface area contributed by atoms with Crippen LogP contribution >= 0.6 is 23.4 Å². The minimum Gasteiger partial charge on any atom is -0.483 e. The fourth-order valence-electron chi connectivity index (χ4n) is 3.96. The molecule has 0 saturated carbocycles. The van der Waals surface area contributed by atoms with Crippen LogP contribution in [0.4, 0.5) is 15.9 Å². The van der Waals surface area contributed by atoms with Crippen LogP contribution in [0.1, 0.15) is 10.4 Å². The zero-order valence-corrected chi connectivity index (χ0v) is 20.8. The maximum atomic E-state index is 14.1. The molecule has 4 heterocycles. The van der Waals surface area contributed by atoms with Crippen molar-refractivity contribution in [1.82, 2.24) is 14.6 Å². The monoisotopic (exact) mass is 525 g/mol. The largest absolute Gasteiger partial charge is 0.483 e. The number of primary amides is 1. The summed E-state index contributed by atoms with van der Waals surface area (Å²) in [5.41, 5.74) is 6.24. The van der Waals surface area contributed by atoms with Crippen molar-refractivity contribution in [2.75, 3.05) is 38.2 Å². The number of carbonyl (C=O) groups is 1. The van der Waals surface area contributed by atoms with Crippen LogP contribution in [0.15, 0.2) is 30.7 Å². The highest BCUT2D eigenvalue weighted by Gasteiger charge is 2.49. The Morgan fingerprint density at radius 3 is 2.66 bits per heavy atom. The van der Waals surface area contributed by atoms with Crippen LogP contribution in [0.3, 0.4) is 0 Å². The number of rotatable bonds is 6. The Morgan fingerprint density at radius 1 is 1.29 bits per heavy atom. The van der Waals surface area contributed by atoms with Crippen molar-refractivity contribution < 1.29 is 28.1 Å². The number of carbonyl (C=O) groups excluding carboxylic acids is 1. The molecule has 0 aliphatic carbocycles. The van der Waals surface area contributed by atoms with E-state index in [2.05, 4.69) is 15.4 Å². The van der Waals surface area contributed by atoms with Crippen molar-refractivity contribution in [1.29, 1.82) is 0 Å². The number of nitrogens with two attached hydrogens (primary N) is 1. The molecule has 0 bridgehead atoms. The van der Waals surface area contributed by atoms with Crippen molar-refractivity contribution in [2.45, 2.75) is 24.4 Å². The van der Waals surface area contributed by atoms with E-state index in [1.807, 2.05) is 12.5 Å². The second-order valence-corrected chi connectivity index (χ2v) is 9.02. The van der Waals surface area contributed by atoms with Crippen molar-refractivity contribution in [3.05, 3.63) is 47.1 Å². The van der Waals surface area contributed by atoms with Gasteiger partial charge in [-0.3, -0.25) is 4.79 Å². The predicted molar refractivity (Wildman–Crippen MR) is 130 cm³/mol. The molecule has 2 aliphatic rings. The van der Waals surface area contributed by atoms with Gasteiger partial charge in [-0.05, 0) is 24.6 Å². The van der Waals surface area contributed by atoms with E-state index in [0.29, 0.717) is 17.8 Å². The Kier molecular flexibility index (Phi) is 7.97. The first kappa shape index (κ1) is 25.5. The van der Waals surface area contributed by atoms with E-state index in [0.717, 1.165) is 0 Å². The Balaban J connectivity index is 0.000000917. The van der Waals surface area contributed by atoms with Crippen LogP contribution in [0.2, 0.25) is 5.02 Å². The van der Waals surface area contributed by atoms with Crippen LogP contribution < -0.4 is 15.8 Å². The standard InChI is InChI=1S/C20H19ClFN5O5.C2H6S/c1-29-13-6-30-18-14(7-31-17(13)18)32-12-4-9(22)2-3-11(12)26-20-16-15(21)10(19(23)28)5-27(16)25-8-24-20;1-3-2/h2-5,8,13-14,17-18H,6-7H2,1H3,(H2,23,28)(H,24,25,26);1-2H3/t13?,14?,17-,18-;/m1./s1. The molecule has 2 saturated heterocycles. The SMILES string of the molecule is COC1CO[C@@H]2C(Oc3cc(F)ccc3Nc3ncnn4cc(C(N)=O)c(Cl)c34)CO[C@H]12.CSC. The minimum atomic E-state index is -0.695. The zero-order valence-electron chi connectivity index (χ0n) is 19.2. The summed E-state index contributed by atoms with van der Waals surface area (Å²) in [5.74, 6) is -0.656. The Labute approximate surface area is 210 Å². The number of nitrogens with zero attached hydrogens (tertiary/aromatic N) is 3. The molecule has 2 fully saturated rings. The normalized spacial score (nSPS) is 23.0. The molecule has 1 amide bonds. The van der Waals surface area contributed by atoms with Crippen molar-refractivity contribution in [3.8, 4) is 5.75 Å². The average Bonchev–Trinajstić information content (AvgIpc) is 3.51. The second-order valence-electron chi connectivity index (χ2n) is 7.82. The fourth-order valence-corrected chi connectivity index (χ4v) is 4.28. The molecule has 10 nitrogen and oxygen atoms in total. The van der Waals surface area contributed by atoms with Gasteiger partial charge in [-0.15, -0.1) is 0 Å². The Hall–Kier alpha value is -2.64. The predicted octanol–water partition coefficient (Wildman–Crippen LogP) is 2.90. The van der Waals surface area contributed by atoms with Gasteiger partial charge >= 0.3 is 0 Å². The second kappa shape index (κ2) is 11.0. The van der Waals surface area contributed by atoms with Crippen molar-refractivity contribution >= 4 is 46.3 Å². The molecule has 0 radical (unpaired) electrons. The highest BCUT2D eigenvalue weighted by molar-refractivity contribution is 7.97. The highest BCUT2D eigenvalue weighted by Crippen LogP contribution is 2.36. The summed E-state index contributed by atoms with van der Waals surface area (Å²) in [6, 6.07) is 4.05. The van der Waals surface area contributed by atoms with Crippen LogP contribution in [-0.4, -0.2) is 77.8 Å². The number of methoxy groups -OCH3 is 1. The molecule has 35 heavy (non-hydrogen) atoms. The smallest absolute Gasteiger partial charge is 0.251 e. The number of thioether (sulfide) groups is 1. The number of nitrogens with one attached hydrogen (secondary N) is 1. The molecule has 13 heteroatoms. The van der Waals surface area contributed by atoms with Crippen LogP contribution in [0.25, 0.3) is 5.52 Å². The molecular weight excluding hydrogens is 501 g/mol. The lowest BCUT2D eigenvalue weighted by molar-refractivity contribution is -0.0138. The van der Waals surface area contributed by atoms with E-state index in [1.54, 1.807) is 18.9 Å². The highest BCUT2D eigenvalue weighted by atomic mass is 35.5. The Bertz CT molecular complexity index is 1210. The molecule has 2 unspecified atom stereocenters. The van der Waals surface area contributed by atoms with E-state index in [4.69, 9.17) is 36.3 Å². The topological polar surface area (TPSA) is 122 Å². The number of hydrogen-bond acceptors (Lipinski definition) is 9. The summed E-state index contributed by atoms with van der Waals surface area (Å²) in [4.78, 5) is 15.9. The molecule has 5 rings (SSSR count). The summed E-state index contributed by atoms with van der Waals surface area (Å²) in [7, 11) is 1.60. The zero-order chi connectivity index (χ0) is 25.1. The van der Waals surface area contributed by atoms with Gasteiger partial charge in [0, 0.05) is 19.4 Å². The molecule has 2 aromatic heterocycles.